The lowest BCUT2D eigenvalue weighted by Crippen LogP contribution is -1.98. The average Bonchev–Trinajstić information content (AvgIpc) is 3.09. The maximum atomic E-state index is 12.5. The van der Waals surface area contributed by atoms with Crippen LogP contribution in [0.4, 0.5) is 0 Å². The second-order valence-corrected chi connectivity index (χ2v) is 5.08. The lowest BCUT2D eigenvalue weighted by atomic mass is 10.0. The maximum absolute atomic E-state index is 12.5. The monoisotopic (exact) mass is 276 g/mol. The smallest absolute Gasteiger partial charge is 0.196 e. The lowest BCUT2D eigenvalue weighted by Gasteiger charge is -1.98. The SMILES string of the molecule is Cc1cc(C(=O)c2ccc3oc4ccccc4c3c2)co1. The molecule has 0 unspecified atom stereocenters. The number of furan rings is 2. The maximum Gasteiger partial charge on any atom is 0.196 e. The molecule has 0 bridgehead atoms. The zero-order chi connectivity index (χ0) is 14.4. The van der Waals surface area contributed by atoms with Gasteiger partial charge in [0, 0.05) is 16.3 Å². The van der Waals surface area contributed by atoms with E-state index >= 15 is 0 Å². The highest BCUT2D eigenvalue weighted by Gasteiger charge is 2.14. The molecule has 0 saturated heterocycles. The minimum absolute atomic E-state index is 0.0426. The van der Waals surface area contributed by atoms with Crippen LogP contribution in [0.25, 0.3) is 21.9 Å². The van der Waals surface area contributed by atoms with Crippen molar-refractivity contribution in [2.75, 3.05) is 0 Å². The topological polar surface area (TPSA) is 43.4 Å². The Labute approximate surface area is 120 Å². The minimum Gasteiger partial charge on any atom is -0.469 e. The van der Waals surface area contributed by atoms with E-state index < -0.39 is 0 Å². The number of hydrogen-bond acceptors (Lipinski definition) is 3. The Morgan fingerprint density at radius 3 is 2.52 bits per heavy atom. The van der Waals surface area contributed by atoms with Gasteiger partial charge in [-0.3, -0.25) is 4.79 Å². The van der Waals surface area contributed by atoms with E-state index in [-0.39, 0.29) is 5.78 Å². The number of carbonyl (C=O) groups excluding carboxylic acids is 1. The first-order valence-electron chi connectivity index (χ1n) is 6.73. The first-order valence-corrected chi connectivity index (χ1v) is 6.73. The van der Waals surface area contributed by atoms with Gasteiger partial charge < -0.3 is 8.83 Å². The molecule has 0 radical (unpaired) electrons. The second-order valence-electron chi connectivity index (χ2n) is 5.08. The van der Waals surface area contributed by atoms with Crippen molar-refractivity contribution in [3.63, 3.8) is 0 Å². The first kappa shape index (κ1) is 12.0. The Morgan fingerprint density at radius 2 is 1.71 bits per heavy atom. The Balaban J connectivity index is 1.90. The highest BCUT2D eigenvalue weighted by atomic mass is 16.3. The Bertz CT molecular complexity index is 972. The van der Waals surface area contributed by atoms with Crippen molar-refractivity contribution < 1.29 is 13.6 Å². The van der Waals surface area contributed by atoms with Crippen molar-refractivity contribution >= 4 is 27.7 Å². The van der Waals surface area contributed by atoms with E-state index in [1.807, 2.05) is 43.3 Å². The molecule has 0 spiro atoms. The molecule has 0 atom stereocenters. The van der Waals surface area contributed by atoms with Crippen LogP contribution in [0.5, 0.6) is 0 Å². The number of fused-ring (bicyclic) bond motifs is 3. The van der Waals surface area contributed by atoms with E-state index in [4.69, 9.17) is 8.83 Å². The number of hydrogen-bond donors (Lipinski definition) is 0. The normalized spacial score (nSPS) is 11.3. The summed E-state index contributed by atoms with van der Waals surface area (Å²) in [7, 11) is 0. The van der Waals surface area contributed by atoms with Crippen LogP contribution < -0.4 is 0 Å². The van der Waals surface area contributed by atoms with Gasteiger partial charge in [-0.15, -0.1) is 0 Å². The van der Waals surface area contributed by atoms with E-state index in [9.17, 15) is 4.79 Å². The molecular weight excluding hydrogens is 264 g/mol. The van der Waals surface area contributed by atoms with Gasteiger partial charge in [-0.1, -0.05) is 18.2 Å². The zero-order valence-corrected chi connectivity index (χ0v) is 11.4. The predicted octanol–water partition coefficient (Wildman–Crippen LogP) is 4.72. The van der Waals surface area contributed by atoms with Crippen LogP contribution in [-0.4, -0.2) is 5.78 Å². The van der Waals surface area contributed by atoms with Crippen LogP contribution in [0.15, 0.2) is 63.6 Å². The number of carbonyl (C=O) groups is 1. The summed E-state index contributed by atoms with van der Waals surface area (Å²) < 4.78 is 11.0. The zero-order valence-electron chi connectivity index (χ0n) is 11.4. The fraction of sp³-hybridized carbons (Fsp3) is 0.0556. The van der Waals surface area contributed by atoms with Crippen LogP contribution in [-0.2, 0) is 0 Å². The summed E-state index contributed by atoms with van der Waals surface area (Å²) in [5, 5.41) is 1.97. The van der Waals surface area contributed by atoms with Crippen molar-refractivity contribution in [1.82, 2.24) is 0 Å². The van der Waals surface area contributed by atoms with E-state index in [1.54, 1.807) is 12.1 Å². The van der Waals surface area contributed by atoms with Gasteiger partial charge in [-0.05, 0) is 37.3 Å². The van der Waals surface area contributed by atoms with Gasteiger partial charge in [0.05, 0.1) is 5.56 Å². The highest BCUT2D eigenvalue weighted by molar-refractivity contribution is 6.13. The third-order valence-electron chi connectivity index (χ3n) is 3.63. The molecule has 0 N–H and O–H groups in total. The Hall–Kier alpha value is -2.81. The van der Waals surface area contributed by atoms with E-state index in [0.717, 1.165) is 27.7 Å². The van der Waals surface area contributed by atoms with Gasteiger partial charge in [0.15, 0.2) is 5.78 Å². The molecule has 2 aromatic carbocycles. The van der Waals surface area contributed by atoms with Crippen molar-refractivity contribution in [2.24, 2.45) is 0 Å². The van der Waals surface area contributed by atoms with Crippen molar-refractivity contribution in [3.8, 4) is 0 Å². The van der Waals surface area contributed by atoms with Gasteiger partial charge in [0.25, 0.3) is 0 Å². The lowest BCUT2D eigenvalue weighted by molar-refractivity contribution is 0.103. The van der Waals surface area contributed by atoms with Crippen LogP contribution in [0, 0.1) is 6.92 Å². The molecule has 4 aromatic rings. The second kappa shape index (κ2) is 4.35. The number of aryl methyl sites for hydroxylation is 1. The number of ketones is 1. The Kier molecular flexibility index (Phi) is 2.48. The van der Waals surface area contributed by atoms with Crippen molar-refractivity contribution in [2.45, 2.75) is 6.92 Å². The van der Waals surface area contributed by atoms with Gasteiger partial charge >= 0.3 is 0 Å². The summed E-state index contributed by atoms with van der Waals surface area (Å²) in [6.45, 7) is 1.82. The highest BCUT2D eigenvalue weighted by Crippen LogP contribution is 2.29. The van der Waals surface area contributed by atoms with Crippen LogP contribution in [0.3, 0.4) is 0 Å². The van der Waals surface area contributed by atoms with Gasteiger partial charge in [-0.25, -0.2) is 0 Å². The first-order chi connectivity index (χ1) is 10.2. The predicted molar refractivity (Wildman–Crippen MR) is 80.6 cm³/mol. The molecule has 21 heavy (non-hydrogen) atoms. The Morgan fingerprint density at radius 1 is 0.905 bits per heavy atom. The molecule has 3 nitrogen and oxygen atoms in total. The molecule has 2 heterocycles. The molecule has 0 saturated carbocycles. The fourth-order valence-electron chi connectivity index (χ4n) is 2.60. The summed E-state index contributed by atoms with van der Waals surface area (Å²) in [6, 6.07) is 15.1. The molecule has 2 aromatic heterocycles. The van der Waals surface area contributed by atoms with Crippen LogP contribution in [0.1, 0.15) is 21.7 Å². The molecule has 0 amide bonds. The average molecular weight is 276 g/mol. The summed E-state index contributed by atoms with van der Waals surface area (Å²) in [5.41, 5.74) is 2.82. The van der Waals surface area contributed by atoms with Crippen molar-refractivity contribution in [3.05, 3.63) is 71.7 Å². The van der Waals surface area contributed by atoms with Gasteiger partial charge in [0.1, 0.15) is 23.2 Å². The van der Waals surface area contributed by atoms with Gasteiger partial charge in [-0.2, -0.15) is 0 Å². The number of benzene rings is 2. The summed E-state index contributed by atoms with van der Waals surface area (Å²) in [6.07, 6.45) is 1.50. The molecule has 3 heteroatoms. The molecular formula is C18H12O3. The molecule has 102 valence electrons. The fourth-order valence-corrected chi connectivity index (χ4v) is 2.60. The summed E-state index contributed by atoms with van der Waals surface area (Å²) in [4.78, 5) is 12.5. The van der Waals surface area contributed by atoms with Crippen LogP contribution in [0.2, 0.25) is 0 Å². The number of para-hydroxylation sites is 1. The number of rotatable bonds is 2. The molecule has 4 rings (SSSR count). The molecule has 0 aliphatic heterocycles. The molecule has 0 aliphatic rings. The third kappa shape index (κ3) is 1.86. The molecule has 0 fully saturated rings. The van der Waals surface area contributed by atoms with Crippen LogP contribution >= 0.6 is 0 Å². The largest absolute Gasteiger partial charge is 0.469 e. The van der Waals surface area contributed by atoms with E-state index in [1.165, 1.54) is 6.26 Å². The van der Waals surface area contributed by atoms with Crippen molar-refractivity contribution in [1.29, 1.82) is 0 Å². The van der Waals surface area contributed by atoms with E-state index in [0.29, 0.717) is 11.1 Å². The standard InChI is InChI=1S/C18H12O3/c1-11-8-13(10-20-11)18(19)12-6-7-17-15(9-12)14-4-2-3-5-16(14)21-17/h2-10H,1H3. The minimum atomic E-state index is -0.0426. The summed E-state index contributed by atoms with van der Waals surface area (Å²) in [5.74, 6) is 0.687. The van der Waals surface area contributed by atoms with Gasteiger partial charge in [0.2, 0.25) is 0 Å². The van der Waals surface area contributed by atoms with E-state index in [2.05, 4.69) is 0 Å². The summed E-state index contributed by atoms with van der Waals surface area (Å²) >= 11 is 0. The quantitative estimate of drug-likeness (QED) is 0.497. The molecule has 0 aliphatic carbocycles. The third-order valence-corrected chi connectivity index (χ3v) is 3.63.